The summed E-state index contributed by atoms with van der Waals surface area (Å²) in [4.78, 5) is 13.1. The first-order valence-electron chi connectivity index (χ1n) is 4.81. The summed E-state index contributed by atoms with van der Waals surface area (Å²) in [5.74, 6) is 0.162. The quantitative estimate of drug-likeness (QED) is 0.778. The third-order valence-corrected chi connectivity index (χ3v) is 3.70. The van der Waals surface area contributed by atoms with Crippen LogP contribution in [0.3, 0.4) is 0 Å². The summed E-state index contributed by atoms with van der Waals surface area (Å²) >= 11 is 5.57. The number of halogens is 1. The molecule has 0 radical (unpaired) electrons. The molecule has 0 aliphatic rings. The minimum absolute atomic E-state index is 0.146. The van der Waals surface area contributed by atoms with Crippen LogP contribution in [0.25, 0.3) is 0 Å². The average Bonchev–Trinajstić information content (AvgIpc) is 2.67. The SMILES string of the molecule is Cc1cc(NS(=O)(=O)c2c[nH]c(=O)c(Cl)c2)n[nH]1. The van der Waals surface area contributed by atoms with E-state index in [1.54, 1.807) is 6.92 Å². The molecular weight excluding hydrogens is 280 g/mol. The molecule has 0 aliphatic carbocycles. The van der Waals surface area contributed by atoms with Crippen molar-refractivity contribution in [2.24, 2.45) is 0 Å². The number of H-pyrrole nitrogens is 2. The van der Waals surface area contributed by atoms with E-state index in [-0.39, 0.29) is 15.7 Å². The van der Waals surface area contributed by atoms with Crippen molar-refractivity contribution in [2.45, 2.75) is 11.8 Å². The minimum Gasteiger partial charge on any atom is -0.326 e. The van der Waals surface area contributed by atoms with Crippen LogP contribution in [0.4, 0.5) is 5.82 Å². The predicted octanol–water partition coefficient (Wildman–Crippen LogP) is 0.861. The molecule has 0 fully saturated rings. The molecule has 0 amide bonds. The van der Waals surface area contributed by atoms with Crippen LogP contribution in [0.2, 0.25) is 5.02 Å². The summed E-state index contributed by atoms with van der Waals surface area (Å²) in [5.41, 5.74) is 0.165. The zero-order valence-corrected chi connectivity index (χ0v) is 10.8. The van der Waals surface area contributed by atoms with Gasteiger partial charge in [0.25, 0.3) is 15.6 Å². The number of anilines is 1. The third kappa shape index (κ3) is 2.54. The fraction of sp³-hybridized carbons (Fsp3) is 0.111. The van der Waals surface area contributed by atoms with E-state index in [0.717, 1.165) is 12.3 Å². The number of aromatic amines is 2. The van der Waals surface area contributed by atoms with Crippen LogP contribution >= 0.6 is 11.6 Å². The Kier molecular flexibility index (Phi) is 3.14. The smallest absolute Gasteiger partial charge is 0.266 e. The van der Waals surface area contributed by atoms with Crippen molar-refractivity contribution in [1.82, 2.24) is 15.2 Å². The molecular formula is C9H9ClN4O3S. The summed E-state index contributed by atoms with van der Waals surface area (Å²) in [7, 11) is -3.83. The number of hydrogen-bond acceptors (Lipinski definition) is 4. The Balaban J connectivity index is 2.36. The number of nitrogens with zero attached hydrogens (tertiary/aromatic N) is 1. The molecule has 3 N–H and O–H groups in total. The highest BCUT2D eigenvalue weighted by Gasteiger charge is 2.17. The second-order valence-electron chi connectivity index (χ2n) is 3.55. The molecule has 0 aliphatic heterocycles. The Morgan fingerprint density at radius 3 is 2.67 bits per heavy atom. The fourth-order valence-electron chi connectivity index (χ4n) is 1.26. The van der Waals surface area contributed by atoms with E-state index in [1.807, 2.05) is 0 Å². The lowest BCUT2D eigenvalue weighted by molar-refractivity contribution is 0.600. The van der Waals surface area contributed by atoms with Crippen molar-refractivity contribution in [2.75, 3.05) is 4.72 Å². The van der Waals surface area contributed by atoms with Crippen LogP contribution < -0.4 is 10.3 Å². The van der Waals surface area contributed by atoms with Gasteiger partial charge in [-0.25, -0.2) is 8.42 Å². The molecule has 0 aromatic carbocycles. The average molecular weight is 289 g/mol. The highest BCUT2D eigenvalue weighted by molar-refractivity contribution is 7.92. The molecule has 0 saturated carbocycles. The van der Waals surface area contributed by atoms with E-state index in [2.05, 4.69) is 19.9 Å². The zero-order valence-electron chi connectivity index (χ0n) is 9.19. The third-order valence-electron chi connectivity index (χ3n) is 2.09. The van der Waals surface area contributed by atoms with E-state index < -0.39 is 15.6 Å². The van der Waals surface area contributed by atoms with Crippen molar-refractivity contribution in [3.8, 4) is 0 Å². The first kappa shape index (κ1) is 12.7. The molecule has 0 unspecified atom stereocenters. The Morgan fingerprint density at radius 1 is 1.39 bits per heavy atom. The van der Waals surface area contributed by atoms with E-state index in [4.69, 9.17) is 11.6 Å². The van der Waals surface area contributed by atoms with E-state index in [9.17, 15) is 13.2 Å². The van der Waals surface area contributed by atoms with Gasteiger partial charge in [-0.3, -0.25) is 14.6 Å². The van der Waals surface area contributed by atoms with Crippen molar-refractivity contribution in [3.05, 3.63) is 39.4 Å². The number of aryl methyl sites for hydroxylation is 1. The summed E-state index contributed by atoms with van der Waals surface area (Å²) in [6.07, 6.45) is 1.07. The Bertz CT molecular complexity index is 734. The van der Waals surface area contributed by atoms with E-state index >= 15 is 0 Å². The second kappa shape index (κ2) is 4.46. The summed E-state index contributed by atoms with van der Waals surface area (Å²) in [5, 5.41) is 6.15. The molecule has 0 bridgehead atoms. The van der Waals surface area contributed by atoms with Gasteiger partial charge in [0.1, 0.15) is 9.92 Å². The van der Waals surface area contributed by atoms with Gasteiger partial charge in [-0.15, -0.1) is 0 Å². The lowest BCUT2D eigenvalue weighted by atomic mass is 10.5. The second-order valence-corrected chi connectivity index (χ2v) is 5.64. The van der Waals surface area contributed by atoms with E-state index in [1.165, 1.54) is 6.07 Å². The van der Waals surface area contributed by atoms with Gasteiger partial charge in [0, 0.05) is 18.0 Å². The highest BCUT2D eigenvalue weighted by atomic mass is 35.5. The molecule has 0 spiro atoms. The van der Waals surface area contributed by atoms with Gasteiger partial charge >= 0.3 is 0 Å². The molecule has 96 valence electrons. The van der Waals surface area contributed by atoms with Crippen molar-refractivity contribution < 1.29 is 8.42 Å². The molecule has 0 saturated heterocycles. The van der Waals surface area contributed by atoms with Crippen molar-refractivity contribution >= 4 is 27.4 Å². The standard InChI is InChI=1S/C9H9ClN4O3S/c1-5-2-8(13-12-5)14-18(16,17)6-3-7(10)9(15)11-4-6/h2-4H,1H3,(H,11,15)(H2,12,13,14). The van der Waals surface area contributed by atoms with Gasteiger partial charge in [0.2, 0.25) is 0 Å². The summed E-state index contributed by atoms with van der Waals surface area (Å²) in [6, 6.07) is 2.60. The molecule has 2 rings (SSSR count). The lowest BCUT2D eigenvalue weighted by Crippen LogP contribution is -2.16. The summed E-state index contributed by atoms with van der Waals surface area (Å²) < 4.78 is 26.1. The van der Waals surface area contributed by atoms with Gasteiger partial charge in [-0.2, -0.15) is 5.10 Å². The van der Waals surface area contributed by atoms with Gasteiger partial charge in [0.05, 0.1) is 0 Å². The van der Waals surface area contributed by atoms with Gasteiger partial charge < -0.3 is 4.98 Å². The largest absolute Gasteiger partial charge is 0.326 e. The maximum Gasteiger partial charge on any atom is 0.266 e. The highest BCUT2D eigenvalue weighted by Crippen LogP contribution is 2.15. The maximum atomic E-state index is 11.9. The fourth-order valence-corrected chi connectivity index (χ4v) is 2.48. The van der Waals surface area contributed by atoms with Crippen LogP contribution in [0.1, 0.15) is 5.69 Å². The van der Waals surface area contributed by atoms with Crippen LogP contribution in [-0.4, -0.2) is 23.6 Å². The lowest BCUT2D eigenvalue weighted by Gasteiger charge is -2.04. The normalized spacial score (nSPS) is 11.4. The molecule has 0 atom stereocenters. The van der Waals surface area contributed by atoms with Crippen molar-refractivity contribution in [3.63, 3.8) is 0 Å². The molecule has 9 heteroatoms. The molecule has 18 heavy (non-hydrogen) atoms. The first-order valence-corrected chi connectivity index (χ1v) is 6.68. The Hall–Kier alpha value is -1.80. The monoisotopic (exact) mass is 288 g/mol. The Morgan fingerprint density at radius 2 is 2.11 bits per heavy atom. The van der Waals surface area contributed by atoms with Crippen molar-refractivity contribution in [1.29, 1.82) is 0 Å². The number of nitrogens with one attached hydrogen (secondary N) is 3. The minimum atomic E-state index is -3.83. The zero-order chi connectivity index (χ0) is 13.3. The number of hydrogen-bond donors (Lipinski definition) is 3. The van der Waals surface area contributed by atoms with Crippen LogP contribution in [0.15, 0.2) is 28.0 Å². The Labute approximate surface area is 107 Å². The van der Waals surface area contributed by atoms with Crippen LogP contribution in [0, 0.1) is 6.92 Å². The predicted molar refractivity (Wildman–Crippen MR) is 66.2 cm³/mol. The molecule has 2 aromatic rings. The number of aromatic nitrogens is 3. The van der Waals surface area contributed by atoms with Gasteiger partial charge in [-0.1, -0.05) is 11.6 Å². The van der Waals surface area contributed by atoms with Crippen LogP contribution in [-0.2, 0) is 10.0 Å². The topological polar surface area (TPSA) is 108 Å². The molecule has 2 aromatic heterocycles. The summed E-state index contributed by atoms with van der Waals surface area (Å²) in [6.45, 7) is 1.74. The van der Waals surface area contributed by atoms with E-state index in [0.29, 0.717) is 5.69 Å². The van der Waals surface area contributed by atoms with Crippen LogP contribution in [0.5, 0.6) is 0 Å². The number of pyridine rings is 1. The number of rotatable bonds is 3. The van der Waals surface area contributed by atoms with Gasteiger partial charge in [0.15, 0.2) is 5.82 Å². The molecule has 7 nitrogen and oxygen atoms in total. The number of sulfonamides is 1. The molecule has 2 heterocycles. The van der Waals surface area contributed by atoms with Gasteiger partial charge in [-0.05, 0) is 13.0 Å². The maximum absolute atomic E-state index is 11.9. The first-order chi connectivity index (χ1) is 8.38.